The zero-order chi connectivity index (χ0) is 52.0. The van der Waals surface area contributed by atoms with Gasteiger partial charge in [-0.15, -0.1) is 35.0 Å². The standard InChI is InChI=1S/C40H28Cl2N10O15S5/c1-17-10-26(29(65-8-5-9-70(56,57)58)15-25(17)46-51-40-45-33-22(41)14-23(42)37(36(33)68-40)72(62,63)64)47-50-34-30(69-67-66-55)11-19-12-31(71(59,60)61)27(13-20(19)35(34)53)48-49-32-18(2)21(16-43)38-44-24-6-3-4-7-28(24)52(38)39(32)54/h3-4,6-7,10-15,53-55H,5,8-9H2,1-2H3,(H,56,57,58)(H,59,60,61)(H,62,63,64). The van der Waals surface area contributed by atoms with Crippen LogP contribution < -0.4 is 4.74 Å². The van der Waals surface area contributed by atoms with Crippen LogP contribution in [0.5, 0.6) is 17.4 Å². The van der Waals surface area contributed by atoms with Crippen molar-refractivity contribution in [2.75, 3.05) is 12.4 Å². The first-order valence-corrected chi connectivity index (χ1v) is 26.5. The van der Waals surface area contributed by atoms with Crippen molar-refractivity contribution in [3.8, 4) is 23.4 Å². The summed E-state index contributed by atoms with van der Waals surface area (Å²) >= 11 is 13.3. The highest BCUT2D eigenvalue weighted by Crippen LogP contribution is 2.48. The van der Waals surface area contributed by atoms with Crippen molar-refractivity contribution in [3.63, 3.8) is 0 Å². The summed E-state index contributed by atoms with van der Waals surface area (Å²) in [4.78, 5) is 7.01. The van der Waals surface area contributed by atoms with Gasteiger partial charge < -0.3 is 14.9 Å². The van der Waals surface area contributed by atoms with Gasteiger partial charge in [-0.2, -0.15) is 30.5 Å². The van der Waals surface area contributed by atoms with Gasteiger partial charge in [0.25, 0.3) is 30.4 Å². The molecule has 72 heavy (non-hydrogen) atoms. The number of nitrogens with zero attached hydrogens (tertiary/aromatic N) is 10. The quantitative estimate of drug-likeness (QED) is 0.0131. The normalized spacial score (nSPS) is 12.8. The lowest BCUT2D eigenvalue weighted by atomic mass is 10.1. The van der Waals surface area contributed by atoms with Gasteiger partial charge in [0.15, 0.2) is 17.1 Å². The maximum Gasteiger partial charge on any atom is 0.297 e. The number of rotatable bonds is 16. The van der Waals surface area contributed by atoms with Crippen LogP contribution in [-0.4, -0.2) is 81.1 Å². The number of ether oxygens (including phenoxy) is 1. The van der Waals surface area contributed by atoms with Gasteiger partial charge in [0.2, 0.25) is 11.0 Å². The van der Waals surface area contributed by atoms with Gasteiger partial charge in [-0.1, -0.05) is 51.7 Å². The van der Waals surface area contributed by atoms with Crippen molar-refractivity contribution in [3.05, 3.63) is 87.4 Å². The number of para-hydroxylation sites is 2. The van der Waals surface area contributed by atoms with E-state index in [9.17, 15) is 54.4 Å². The maximum absolute atomic E-state index is 12.8. The molecule has 0 atom stereocenters. The number of pyridine rings is 1. The third-order valence-corrected chi connectivity index (χ3v) is 15.3. The lowest BCUT2D eigenvalue weighted by Gasteiger charge is -2.13. The van der Waals surface area contributed by atoms with E-state index >= 15 is 0 Å². The van der Waals surface area contributed by atoms with Crippen LogP contribution in [0.3, 0.4) is 0 Å². The summed E-state index contributed by atoms with van der Waals surface area (Å²) < 4.78 is 114. The van der Waals surface area contributed by atoms with Gasteiger partial charge in [-0.25, -0.2) is 15.2 Å². The number of halogens is 2. The number of benzene rings is 5. The molecule has 0 saturated carbocycles. The summed E-state index contributed by atoms with van der Waals surface area (Å²) in [5, 5.41) is 70.2. The third-order valence-electron chi connectivity index (χ3n) is 10.2. The summed E-state index contributed by atoms with van der Waals surface area (Å²) in [5.41, 5.74) is 0.144. The number of aromatic hydroxyl groups is 2. The zero-order valence-electron chi connectivity index (χ0n) is 36.0. The first kappa shape index (κ1) is 51.8. The number of aromatic nitrogens is 3. The zero-order valence-corrected chi connectivity index (χ0v) is 41.6. The molecular formula is C40H28Cl2N10O15S5. The van der Waals surface area contributed by atoms with Crippen LogP contribution in [0.4, 0.5) is 33.6 Å². The van der Waals surface area contributed by atoms with E-state index in [0.29, 0.717) is 27.9 Å². The van der Waals surface area contributed by atoms with Gasteiger partial charge in [-0.3, -0.25) is 18.1 Å². The summed E-state index contributed by atoms with van der Waals surface area (Å²) in [5.74, 6) is -2.04. The second-order valence-electron chi connectivity index (χ2n) is 14.9. The molecule has 8 rings (SSSR count). The summed E-state index contributed by atoms with van der Waals surface area (Å²) in [6.45, 7) is 2.69. The van der Waals surface area contributed by atoms with Crippen molar-refractivity contribution < 1.29 is 68.5 Å². The van der Waals surface area contributed by atoms with E-state index in [1.54, 1.807) is 31.2 Å². The third kappa shape index (κ3) is 10.5. The fraction of sp³-hybridized carbons (Fsp3) is 0.125. The molecular weight excluding hydrogens is 1090 g/mol. The molecule has 0 amide bonds. The van der Waals surface area contributed by atoms with Crippen LogP contribution in [0.1, 0.15) is 23.1 Å². The van der Waals surface area contributed by atoms with E-state index in [4.69, 9.17) is 33.2 Å². The molecule has 32 heteroatoms. The Balaban J connectivity index is 1.23. The summed E-state index contributed by atoms with van der Waals surface area (Å²) in [7, 11) is -14.3. The highest BCUT2D eigenvalue weighted by Gasteiger charge is 2.26. The van der Waals surface area contributed by atoms with Gasteiger partial charge >= 0.3 is 0 Å². The number of fused-ring (bicyclic) bond motifs is 5. The van der Waals surface area contributed by atoms with Crippen molar-refractivity contribution in [2.45, 2.75) is 35.0 Å². The van der Waals surface area contributed by atoms with Crippen molar-refractivity contribution in [1.82, 2.24) is 14.4 Å². The van der Waals surface area contributed by atoms with Crippen LogP contribution in [0.25, 0.3) is 37.7 Å². The molecule has 3 heterocycles. The van der Waals surface area contributed by atoms with Crippen LogP contribution in [0.2, 0.25) is 10.0 Å². The molecule has 6 N–H and O–H groups in total. The van der Waals surface area contributed by atoms with E-state index in [-0.39, 0.29) is 106 Å². The first-order valence-electron chi connectivity index (χ1n) is 19.7. The van der Waals surface area contributed by atoms with Crippen molar-refractivity contribution in [2.24, 2.45) is 30.7 Å². The smallest absolute Gasteiger partial charge is 0.297 e. The second kappa shape index (κ2) is 20.1. The number of hydrogen-bond donors (Lipinski definition) is 6. The Labute approximate surface area is 422 Å². The fourth-order valence-electron chi connectivity index (χ4n) is 7.03. The second-order valence-corrected chi connectivity index (χ2v) is 21.7. The van der Waals surface area contributed by atoms with Crippen LogP contribution >= 0.6 is 46.6 Å². The van der Waals surface area contributed by atoms with Gasteiger partial charge in [0.05, 0.1) is 60.8 Å². The number of phenolic OH excluding ortho intramolecular Hbond substituents is 1. The fourth-order valence-corrected chi connectivity index (χ4v) is 11.5. The SMILES string of the molecule is Cc1cc(N=Nc2c(SOOO)cc3cc(S(=O)(=O)O)c(N=Nc4c(C)c(C#N)c5nc6ccccc6n5c4O)cc3c2O)c(OCCCS(=O)(=O)O)cc1N=Nc1nc2c(Cl)cc(Cl)c(S(=O)(=O)O)c2s1. The summed E-state index contributed by atoms with van der Waals surface area (Å²) in [6.07, 6.45) is -0.213. The molecule has 8 aromatic rings. The number of nitriles is 1. The molecule has 0 bridgehead atoms. The minimum Gasteiger partial charge on any atom is -0.505 e. The molecule has 0 aliphatic heterocycles. The monoisotopic (exact) mass is 1120 g/mol. The molecule has 3 aromatic heterocycles. The average molecular weight is 1120 g/mol. The predicted molar refractivity (Wildman–Crippen MR) is 260 cm³/mol. The molecule has 372 valence electrons. The number of hydrogen-bond acceptors (Lipinski definition) is 23. The van der Waals surface area contributed by atoms with E-state index in [1.165, 1.54) is 29.5 Å². The largest absolute Gasteiger partial charge is 0.505 e. The Morgan fingerprint density at radius 3 is 2.24 bits per heavy atom. The molecule has 0 saturated heterocycles. The molecule has 5 aromatic carbocycles. The number of thiazole rings is 1. The lowest BCUT2D eigenvalue weighted by Crippen LogP contribution is -2.08. The minimum absolute atomic E-state index is 0.0135. The van der Waals surface area contributed by atoms with E-state index in [1.807, 2.05) is 6.07 Å². The van der Waals surface area contributed by atoms with Crippen LogP contribution in [0.15, 0.2) is 106 Å². The average Bonchev–Trinajstić information content (AvgIpc) is 3.91. The Morgan fingerprint density at radius 1 is 0.833 bits per heavy atom. The molecule has 0 unspecified atom stereocenters. The van der Waals surface area contributed by atoms with Gasteiger partial charge in [0.1, 0.15) is 49.8 Å². The molecule has 0 fully saturated rings. The van der Waals surface area contributed by atoms with Crippen molar-refractivity contribution >= 4 is 148 Å². The van der Waals surface area contributed by atoms with Crippen LogP contribution in [-0.2, 0) is 39.7 Å². The Hall–Kier alpha value is -6.57. The molecule has 0 aliphatic carbocycles. The highest BCUT2D eigenvalue weighted by molar-refractivity contribution is 7.94. The van der Waals surface area contributed by atoms with E-state index in [0.717, 1.165) is 18.2 Å². The van der Waals surface area contributed by atoms with Gasteiger partial charge in [-0.05, 0) is 73.7 Å². The number of imidazole rings is 1. The molecule has 0 radical (unpaired) electrons. The number of phenols is 1. The first-order chi connectivity index (χ1) is 34.0. The van der Waals surface area contributed by atoms with Gasteiger partial charge in [0, 0.05) is 17.0 Å². The molecule has 0 spiro atoms. The Morgan fingerprint density at radius 2 is 1.54 bits per heavy atom. The highest BCUT2D eigenvalue weighted by atomic mass is 35.5. The van der Waals surface area contributed by atoms with E-state index < -0.39 is 68.9 Å². The summed E-state index contributed by atoms with van der Waals surface area (Å²) in [6, 6.07) is 15.6. The Kier molecular flexibility index (Phi) is 14.5. The lowest BCUT2D eigenvalue weighted by molar-refractivity contribution is -0.432. The topological polar surface area (TPSA) is 380 Å². The van der Waals surface area contributed by atoms with Crippen LogP contribution in [0, 0.1) is 25.2 Å². The Bertz CT molecular complexity index is 4070. The number of aryl methyl sites for hydroxylation is 1. The maximum atomic E-state index is 12.8. The number of azo groups is 3. The molecule has 25 nitrogen and oxygen atoms in total. The molecule has 0 aliphatic rings. The minimum atomic E-state index is -5.11. The van der Waals surface area contributed by atoms with E-state index in [2.05, 4.69) is 50.0 Å². The predicted octanol–water partition coefficient (Wildman–Crippen LogP) is 11.3. The van der Waals surface area contributed by atoms with Crippen molar-refractivity contribution in [1.29, 1.82) is 5.26 Å².